The van der Waals surface area contributed by atoms with Gasteiger partial charge >= 0.3 is 10.2 Å². The third-order valence-corrected chi connectivity index (χ3v) is 7.28. The Hall–Kier alpha value is -0.880. The van der Waals surface area contributed by atoms with Crippen LogP contribution >= 0.6 is 0 Å². The highest BCUT2D eigenvalue weighted by atomic mass is 32.2. The van der Waals surface area contributed by atoms with Crippen molar-refractivity contribution in [3.63, 3.8) is 0 Å². The Morgan fingerprint density at radius 1 is 0.857 bits per heavy atom. The molecule has 0 aliphatic rings. The van der Waals surface area contributed by atoms with Crippen molar-refractivity contribution < 1.29 is 13.0 Å². The Balaban J connectivity index is 2.25. The van der Waals surface area contributed by atoms with Gasteiger partial charge in [0.15, 0.2) is 0 Å². The van der Waals surface area contributed by atoms with Crippen LogP contribution in [-0.4, -0.2) is 30.8 Å². The van der Waals surface area contributed by atoms with Crippen LogP contribution in [0.1, 0.15) is 97.3 Å². The fourth-order valence-corrected chi connectivity index (χ4v) is 4.54. The highest BCUT2D eigenvalue weighted by Crippen LogP contribution is 2.23. The van der Waals surface area contributed by atoms with Crippen molar-refractivity contribution in [2.24, 2.45) is 5.92 Å². The third-order valence-electron chi connectivity index (χ3n) is 5.61. The van der Waals surface area contributed by atoms with Gasteiger partial charge in [-0.25, -0.2) is 4.57 Å². The average Bonchev–Trinajstić information content (AvgIpc) is 3.14. The summed E-state index contributed by atoms with van der Waals surface area (Å²) in [7, 11) is -0.289. The molecular formula is C22H44N3O2S+. The molecule has 0 amide bonds. The molecule has 1 aromatic rings. The lowest BCUT2D eigenvalue weighted by molar-refractivity contribution is -0.696. The SMILES string of the molecule is CCCCCC(CCCCC)CCCCCC[n+]1ccn(S(=O)(=O)N(C)C)c1. The molecule has 164 valence electrons. The van der Waals surface area contributed by atoms with Crippen molar-refractivity contribution in [1.29, 1.82) is 0 Å². The largest absolute Gasteiger partial charge is 0.379 e. The molecule has 0 aliphatic carbocycles. The number of imidazole rings is 1. The minimum Gasteiger partial charge on any atom is -0.236 e. The zero-order chi connectivity index (χ0) is 20.8. The number of hydrogen-bond acceptors (Lipinski definition) is 2. The molecule has 28 heavy (non-hydrogen) atoms. The van der Waals surface area contributed by atoms with E-state index < -0.39 is 10.2 Å². The van der Waals surface area contributed by atoms with Gasteiger partial charge in [-0.05, 0) is 18.8 Å². The van der Waals surface area contributed by atoms with Crippen molar-refractivity contribution in [3.05, 3.63) is 18.7 Å². The van der Waals surface area contributed by atoms with Gasteiger partial charge in [-0.2, -0.15) is 12.7 Å². The molecule has 0 aliphatic heterocycles. The lowest BCUT2D eigenvalue weighted by atomic mass is 9.90. The van der Waals surface area contributed by atoms with E-state index in [9.17, 15) is 8.42 Å². The summed E-state index contributed by atoms with van der Waals surface area (Å²) in [4.78, 5) is 0. The van der Waals surface area contributed by atoms with E-state index in [-0.39, 0.29) is 0 Å². The molecular weight excluding hydrogens is 370 g/mol. The quantitative estimate of drug-likeness (QED) is 0.261. The normalized spacial score (nSPS) is 12.4. The number of aryl methyl sites for hydroxylation is 1. The highest BCUT2D eigenvalue weighted by Gasteiger charge is 2.22. The van der Waals surface area contributed by atoms with E-state index in [0.717, 1.165) is 18.9 Å². The topological polar surface area (TPSA) is 46.2 Å². The number of rotatable bonds is 17. The number of aromatic nitrogens is 2. The minimum atomic E-state index is -3.40. The molecule has 0 fully saturated rings. The summed E-state index contributed by atoms with van der Waals surface area (Å²) in [6.07, 6.45) is 22.5. The van der Waals surface area contributed by atoms with Crippen LogP contribution in [0.2, 0.25) is 0 Å². The zero-order valence-electron chi connectivity index (χ0n) is 18.8. The van der Waals surface area contributed by atoms with Crippen molar-refractivity contribution in [1.82, 2.24) is 8.28 Å². The molecule has 1 heterocycles. The van der Waals surface area contributed by atoms with E-state index >= 15 is 0 Å². The van der Waals surface area contributed by atoms with E-state index in [1.807, 2.05) is 10.8 Å². The monoisotopic (exact) mass is 414 g/mol. The Labute approximate surface area is 174 Å². The molecule has 0 atom stereocenters. The minimum absolute atomic E-state index is 0.881. The summed E-state index contributed by atoms with van der Waals surface area (Å²) in [5.41, 5.74) is 0. The van der Waals surface area contributed by atoms with Crippen molar-refractivity contribution >= 4 is 10.2 Å². The van der Waals surface area contributed by atoms with Gasteiger partial charge in [-0.1, -0.05) is 84.5 Å². The second kappa shape index (κ2) is 14.2. The molecule has 0 saturated carbocycles. The highest BCUT2D eigenvalue weighted by molar-refractivity contribution is 7.87. The number of hydrogen-bond donors (Lipinski definition) is 0. The number of unbranched alkanes of at least 4 members (excludes halogenated alkanes) is 7. The Kier molecular flexibility index (Phi) is 12.7. The molecule has 1 rings (SSSR count). The van der Waals surface area contributed by atoms with E-state index in [1.165, 1.54) is 85.3 Å². The Morgan fingerprint density at radius 3 is 1.93 bits per heavy atom. The lowest BCUT2D eigenvalue weighted by Crippen LogP contribution is -2.33. The first kappa shape index (κ1) is 25.2. The zero-order valence-corrected chi connectivity index (χ0v) is 19.6. The lowest BCUT2D eigenvalue weighted by Gasteiger charge is -2.16. The average molecular weight is 415 g/mol. The summed E-state index contributed by atoms with van der Waals surface area (Å²) >= 11 is 0. The summed E-state index contributed by atoms with van der Waals surface area (Å²) in [5, 5.41) is 0. The first-order valence-corrected chi connectivity index (χ1v) is 12.8. The van der Waals surface area contributed by atoms with Gasteiger partial charge in [-0.15, -0.1) is 3.97 Å². The van der Waals surface area contributed by atoms with Crippen molar-refractivity contribution in [2.45, 2.75) is 104 Å². The van der Waals surface area contributed by atoms with Crippen LogP contribution in [0.4, 0.5) is 0 Å². The summed E-state index contributed by atoms with van der Waals surface area (Å²) in [6.45, 7) is 5.45. The van der Waals surface area contributed by atoms with E-state index in [4.69, 9.17) is 0 Å². The first-order chi connectivity index (χ1) is 13.4. The van der Waals surface area contributed by atoms with Crippen LogP contribution < -0.4 is 4.57 Å². The van der Waals surface area contributed by atoms with Gasteiger partial charge in [-0.3, -0.25) is 0 Å². The Bertz CT molecular complexity index is 601. The first-order valence-electron chi connectivity index (χ1n) is 11.4. The van der Waals surface area contributed by atoms with Gasteiger partial charge in [0.25, 0.3) is 6.33 Å². The molecule has 0 unspecified atom stereocenters. The van der Waals surface area contributed by atoms with Gasteiger partial charge in [0.1, 0.15) is 12.4 Å². The van der Waals surface area contributed by atoms with Crippen LogP contribution in [0.15, 0.2) is 18.7 Å². The van der Waals surface area contributed by atoms with Crippen LogP contribution in [0, 0.1) is 5.92 Å². The van der Waals surface area contributed by atoms with Crippen molar-refractivity contribution in [3.8, 4) is 0 Å². The molecule has 0 aromatic carbocycles. The molecule has 6 heteroatoms. The molecule has 5 nitrogen and oxygen atoms in total. The van der Waals surface area contributed by atoms with Gasteiger partial charge in [0.2, 0.25) is 0 Å². The predicted octanol–water partition coefficient (Wildman–Crippen LogP) is 5.16. The van der Waals surface area contributed by atoms with E-state index in [2.05, 4.69) is 13.8 Å². The molecule has 0 radical (unpaired) electrons. The maximum Gasteiger partial charge on any atom is 0.379 e. The summed E-state index contributed by atoms with van der Waals surface area (Å²) in [5.74, 6) is 0.928. The third kappa shape index (κ3) is 9.55. The maximum absolute atomic E-state index is 12.1. The second-order valence-electron chi connectivity index (χ2n) is 8.33. The fraction of sp³-hybridized carbons (Fsp3) is 0.864. The van der Waals surface area contributed by atoms with Gasteiger partial charge in [0, 0.05) is 14.1 Å². The number of nitrogens with zero attached hydrogens (tertiary/aromatic N) is 3. The van der Waals surface area contributed by atoms with Gasteiger partial charge in [0.05, 0.1) is 6.54 Å². The second-order valence-corrected chi connectivity index (χ2v) is 10.4. The molecule has 0 N–H and O–H groups in total. The van der Waals surface area contributed by atoms with E-state index in [1.54, 1.807) is 26.6 Å². The molecule has 1 aromatic heterocycles. The standard InChI is InChI=1S/C22H44N3O2S/c1-5-7-11-15-22(16-12-8-6-2)17-13-9-10-14-18-24-19-20-25(21-24)28(26,27)23(3)4/h19-22H,5-18H2,1-4H3/q+1. The molecule has 0 saturated heterocycles. The van der Waals surface area contributed by atoms with Crippen LogP contribution in [0.5, 0.6) is 0 Å². The smallest absolute Gasteiger partial charge is 0.236 e. The molecule has 0 spiro atoms. The maximum atomic E-state index is 12.1. The molecule has 0 bridgehead atoms. The van der Waals surface area contributed by atoms with Crippen LogP contribution in [0.3, 0.4) is 0 Å². The van der Waals surface area contributed by atoms with Crippen LogP contribution in [0.25, 0.3) is 0 Å². The fourth-order valence-electron chi connectivity index (χ4n) is 3.71. The summed E-state index contributed by atoms with van der Waals surface area (Å²) in [6, 6.07) is 0. The Morgan fingerprint density at radius 2 is 1.39 bits per heavy atom. The van der Waals surface area contributed by atoms with E-state index in [0.29, 0.717) is 0 Å². The van der Waals surface area contributed by atoms with Crippen LogP contribution in [-0.2, 0) is 16.8 Å². The predicted molar refractivity (Wildman–Crippen MR) is 117 cm³/mol. The van der Waals surface area contributed by atoms with Gasteiger partial charge < -0.3 is 0 Å². The summed E-state index contributed by atoms with van der Waals surface area (Å²) < 4.78 is 28.7. The van der Waals surface area contributed by atoms with Crippen molar-refractivity contribution in [2.75, 3.05) is 14.1 Å².